The molecular formula is C17H16N4O2. The van der Waals surface area contributed by atoms with Crippen molar-refractivity contribution < 1.29 is 9.53 Å². The zero-order valence-corrected chi connectivity index (χ0v) is 12.7. The number of nitrogens with zero attached hydrogens (tertiary/aromatic N) is 3. The van der Waals surface area contributed by atoms with Crippen molar-refractivity contribution in [3.8, 4) is 5.88 Å². The van der Waals surface area contributed by atoms with Crippen molar-refractivity contribution in [3.63, 3.8) is 0 Å². The average molecular weight is 308 g/mol. The Balaban J connectivity index is 1.89. The molecule has 4 rings (SSSR count). The number of carbonyl (C=O) groups excluding carboxylic acids is 1. The van der Waals surface area contributed by atoms with Gasteiger partial charge in [-0.3, -0.25) is 4.79 Å². The smallest absolute Gasteiger partial charge is 0.221 e. The molecule has 1 aliphatic heterocycles. The number of hydrogen-bond donors (Lipinski definition) is 1. The van der Waals surface area contributed by atoms with Crippen LogP contribution in [0.3, 0.4) is 0 Å². The fourth-order valence-electron chi connectivity index (χ4n) is 3.09. The van der Waals surface area contributed by atoms with E-state index in [4.69, 9.17) is 4.74 Å². The first-order chi connectivity index (χ1) is 11.3. The predicted octanol–water partition coefficient (Wildman–Crippen LogP) is 1.89. The van der Waals surface area contributed by atoms with Gasteiger partial charge in [0, 0.05) is 30.8 Å². The first-order valence-electron chi connectivity index (χ1n) is 7.49. The number of nitrogens with one attached hydrogen (secondary N) is 1. The van der Waals surface area contributed by atoms with Crippen LogP contribution in [0, 0.1) is 0 Å². The molecule has 116 valence electrons. The third-order valence-corrected chi connectivity index (χ3v) is 4.19. The summed E-state index contributed by atoms with van der Waals surface area (Å²) in [6.07, 6.45) is 4.14. The van der Waals surface area contributed by atoms with E-state index >= 15 is 0 Å². The monoisotopic (exact) mass is 308 g/mol. The van der Waals surface area contributed by atoms with Crippen molar-refractivity contribution in [2.75, 3.05) is 7.11 Å². The van der Waals surface area contributed by atoms with Gasteiger partial charge in [0.1, 0.15) is 5.65 Å². The van der Waals surface area contributed by atoms with Gasteiger partial charge in [0.15, 0.2) is 0 Å². The first-order valence-corrected chi connectivity index (χ1v) is 7.49. The molecule has 6 heteroatoms. The maximum absolute atomic E-state index is 12.1. The maximum Gasteiger partial charge on any atom is 0.221 e. The minimum absolute atomic E-state index is 0.0218. The summed E-state index contributed by atoms with van der Waals surface area (Å²) in [4.78, 5) is 21.0. The molecule has 6 nitrogen and oxygen atoms in total. The van der Waals surface area contributed by atoms with Gasteiger partial charge in [-0.1, -0.05) is 12.1 Å². The van der Waals surface area contributed by atoms with Crippen LogP contribution < -0.4 is 10.1 Å². The lowest BCUT2D eigenvalue weighted by Crippen LogP contribution is -2.21. The quantitative estimate of drug-likeness (QED) is 0.785. The van der Waals surface area contributed by atoms with Gasteiger partial charge >= 0.3 is 0 Å². The van der Waals surface area contributed by atoms with Crippen LogP contribution in [0.4, 0.5) is 0 Å². The molecule has 0 spiro atoms. The van der Waals surface area contributed by atoms with Gasteiger partial charge in [-0.15, -0.1) is 0 Å². The topological polar surface area (TPSA) is 68.5 Å². The molecule has 1 amide bonds. The zero-order valence-electron chi connectivity index (χ0n) is 12.7. The summed E-state index contributed by atoms with van der Waals surface area (Å²) < 4.78 is 7.18. The van der Waals surface area contributed by atoms with Gasteiger partial charge in [-0.25, -0.2) is 9.97 Å². The molecular weight excluding hydrogens is 292 g/mol. The molecule has 0 bridgehead atoms. The summed E-state index contributed by atoms with van der Waals surface area (Å²) in [6.45, 7) is 0.454. The van der Waals surface area contributed by atoms with E-state index in [0.29, 0.717) is 18.8 Å². The summed E-state index contributed by atoms with van der Waals surface area (Å²) in [5.74, 6) is 0.502. The fourth-order valence-corrected chi connectivity index (χ4v) is 3.09. The lowest BCUT2D eigenvalue weighted by molar-refractivity contribution is -0.121. The molecule has 0 radical (unpaired) electrons. The van der Waals surface area contributed by atoms with Crippen LogP contribution >= 0.6 is 0 Å². The lowest BCUT2D eigenvalue weighted by Gasteiger charge is -2.15. The molecule has 1 aliphatic rings. The van der Waals surface area contributed by atoms with Crippen molar-refractivity contribution in [2.24, 2.45) is 0 Å². The largest absolute Gasteiger partial charge is 0.481 e. The van der Waals surface area contributed by atoms with E-state index < -0.39 is 0 Å². The highest BCUT2D eigenvalue weighted by atomic mass is 16.5. The number of hydrogen-bond acceptors (Lipinski definition) is 4. The third-order valence-electron chi connectivity index (χ3n) is 4.19. The maximum atomic E-state index is 12.1. The van der Waals surface area contributed by atoms with E-state index in [1.54, 1.807) is 13.3 Å². The molecule has 0 saturated carbocycles. The number of pyridine rings is 2. The Labute approximate surface area is 133 Å². The van der Waals surface area contributed by atoms with E-state index in [1.807, 2.05) is 36.5 Å². The molecule has 1 atom stereocenters. The van der Waals surface area contributed by atoms with Gasteiger partial charge in [0.2, 0.25) is 11.8 Å². The number of imidazole rings is 1. The third kappa shape index (κ3) is 2.32. The molecule has 4 heterocycles. The zero-order chi connectivity index (χ0) is 15.8. The molecule has 1 unspecified atom stereocenters. The summed E-state index contributed by atoms with van der Waals surface area (Å²) in [5.41, 5.74) is 3.82. The highest BCUT2D eigenvalue weighted by Gasteiger charge is 2.28. The number of fused-ring (bicyclic) bond motifs is 3. The van der Waals surface area contributed by atoms with Crippen molar-refractivity contribution in [1.29, 1.82) is 0 Å². The summed E-state index contributed by atoms with van der Waals surface area (Å²) in [5, 5.41) is 2.92. The van der Waals surface area contributed by atoms with Gasteiger partial charge in [0.05, 0.1) is 25.0 Å². The molecule has 0 aromatic carbocycles. The summed E-state index contributed by atoms with van der Waals surface area (Å²) >= 11 is 0. The second kappa shape index (κ2) is 5.39. The van der Waals surface area contributed by atoms with Crippen molar-refractivity contribution in [2.45, 2.75) is 18.9 Å². The number of amides is 1. The van der Waals surface area contributed by atoms with Crippen LogP contribution in [-0.2, 0) is 11.3 Å². The Kier molecular flexibility index (Phi) is 3.22. The average Bonchev–Trinajstić information content (AvgIpc) is 2.88. The van der Waals surface area contributed by atoms with E-state index in [2.05, 4.69) is 19.7 Å². The molecule has 23 heavy (non-hydrogen) atoms. The van der Waals surface area contributed by atoms with Crippen LogP contribution in [0.25, 0.3) is 5.65 Å². The van der Waals surface area contributed by atoms with Crippen LogP contribution in [-0.4, -0.2) is 27.4 Å². The normalized spacial score (nSPS) is 17.4. The second-order valence-corrected chi connectivity index (χ2v) is 5.54. The number of ether oxygens (including phenoxy) is 1. The van der Waals surface area contributed by atoms with Gasteiger partial charge < -0.3 is 14.5 Å². The van der Waals surface area contributed by atoms with E-state index in [0.717, 1.165) is 22.6 Å². The van der Waals surface area contributed by atoms with Crippen LogP contribution in [0.2, 0.25) is 0 Å². The second-order valence-electron chi connectivity index (χ2n) is 5.54. The van der Waals surface area contributed by atoms with Crippen LogP contribution in [0.15, 0.2) is 42.7 Å². The number of aromatic nitrogens is 3. The van der Waals surface area contributed by atoms with Gasteiger partial charge in [-0.2, -0.15) is 0 Å². The lowest BCUT2D eigenvalue weighted by atomic mass is 9.93. The minimum Gasteiger partial charge on any atom is -0.481 e. The van der Waals surface area contributed by atoms with Gasteiger partial charge in [-0.05, 0) is 17.7 Å². The van der Waals surface area contributed by atoms with Crippen LogP contribution in [0.1, 0.15) is 29.3 Å². The Morgan fingerprint density at radius 3 is 3.00 bits per heavy atom. The van der Waals surface area contributed by atoms with Gasteiger partial charge in [0.25, 0.3) is 0 Å². The predicted molar refractivity (Wildman–Crippen MR) is 84.3 cm³/mol. The van der Waals surface area contributed by atoms with Crippen LogP contribution in [0.5, 0.6) is 5.88 Å². The number of carbonyl (C=O) groups is 1. The van der Waals surface area contributed by atoms with E-state index in [9.17, 15) is 4.79 Å². The highest BCUT2D eigenvalue weighted by molar-refractivity contribution is 5.78. The highest BCUT2D eigenvalue weighted by Crippen LogP contribution is 2.33. The molecule has 3 aromatic rings. The Morgan fingerprint density at radius 1 is 1.30 bits per heavy atom. The molecule has 1 N–H and O–H groups in total. The standard InChI is InChI=1S/C17H16N4O2/c1-23-16-6-5-11(9-19-16)12-8-15(22)18-10-13-17(12)21-7-3-2-4-14(21)20-13/h2-7,9,12H,8,10H2,1H3,(H,18,22). The summed E-state index contributed by atoms with van der Waals surface area (Å²) in [6, 6.07) is 9.69. The Morgan fingerprint density at radius 2 is 2.22 bits per heavy atom. The SMILES string of the molecule is COc1ccc(C2CC(=O)NCc3nc4ccccn4c32)cn1. The van der Waals surface area contributed by atoms with Crippen molar-refractivity contribution in [1.82, 2.24) is 19.7 Å². The molecule has 3 aromatic heterocycles. The van der Waals surface area contributed by atoms with Crippen molar-refractivity contribution in [3.05, 3.63) is 59.7 Å². The molecule has 0 saturated heterocycles. The fraction of sp³-hybridized carbons (Fsp3) is 0.235. The van der Waals surface area contributed by atoms with Crippen molar-refractivity contribution >= 4 is 11.6 Å². The Hall–Kier alpha value is -2.89. The van der Waals surface area contributed by atoms with E-state index in [-0.39, 0.29) is 11.8 Å². The molecule has 0 aliphatic carbocycles. The minimum atomic E-state index is -0.0803. The number of methoxy groups -OCH3 is 1. The first kappa shape index (κ1) is 13.8. The van der Waals surface area contributed by atoms with E-state index in [1.165, 1.54) is 0 Å². The molecule has 0 fully saturated rings. The Bertz CT molecular complexity index is 870. The summed E-state index contributed by atoms with van der Waals surface area (Å²) in [7, 11) is 1.59. The number of rotatable bonds is 2.